The first-order valence-electron chi connectivity index (χ1n) is 9.44. The van der Waals surface area contributed by atoms with E-state index >= 15 is 0 Å². The lowest BCUT2D eigenvalue weighted by molar-refractivity contribution is -0.384. The Bertz CT molecular complexity index is 931. The van der Waals surface area contributed by atoms with Gasteiger partial charge < -0.3 is 16.0 Å². The first-order valence-corrected chi connectivity index (χ1v) is 10.4. The van der Waals surface area contributed by atoms with Gasteiger partial charge in [-0.3, -0.25) is 24.6 Å². The number of carbonyl (C=O) groups excluding carboxylic acids is 2. The first kappa shape index (κ1) is 21.6. The van der Waals surface area contributed by atoms with Crippen LogP contribution in [0.3, 0.4) is 0 Å². The number of non-ortho nitro benzene ring substituents is 1. The van der Waals surface area contributed by atoms with Crippen molar-refractivity contribution in [1.29, 1.82) is 0 Å². The van der Waals surface area contributed by atoms with Crippen LogP contribution in [0.1, 0.15) is 0 Å². The molecule has 1 fully saturated rings. The molecule has 9 nitrogen and oxygen atoms in total. The van der Waals surface area contributed by atoms with Gasteiger partial charge in [0.05, 0.1) is 22.9 Å². The fourth-order valence-electron chi connectivity index (χ4n) is 3.20. The number of nitro groups is 1. The molecule has 158 valence electrons. The Morgan fingerprint density at radius 1 is 1.10 bits per heavy atom. The van der Waals surface area contributed by atoms with Crippen molar-refractivity contribution >= 4 is 40.6 Å². The molecule has 0 radical (unpaired) electrons. The number of piperazine rings is 1. The number of primary amides is 1. The van der Waals surface area contributed by atoms with E-state index in [2.05, 4.69) is 10.2 Å². The summed E-state index contributed by atoms with van der Waals surface area (Å²) in [5, 5.41) is 13.9. The molecule has 0 unspecified atom stereocenters. The number of nitrogens with two attached hydrogens (primary N) is 1. The third kappa shape index (κ3) is 5.94. The topological polar surface area (TPSA) is 122 Å². The Morgan fingerprint density at radius 2 is 1.83 bits per heavy atom. The predicted octanol–water partition coefficient (Wildman–Crippen LogP) is 1.93. The number of anilines is 2. The maximum absolute atomic E-state index is 12.5. The van der Waals surface area contributed by atoms with Crippen LogP contribution in [0, 0.1) is 10.1 Å². The molecule has 3 N–H and O–H groups in total. The van der Waals surface area contributed by atoms with Crippen LogP contribution in [0.25, 0.3) is 0 Å². The molecule has 10 heteroatoms. The zero-order valence-corrected chi connectivity index (χ0v) is 17.1. The molecule has 1 aliphatic heterocycles. The molecule has 0 atom stereocenters. The number of rotatable bonds is 8. The Balaban J connectivity index is 1.52. The van der Waals surface area contributed by atoms with Gasteiger partial charge in [-0.25, -0.2) is 0 Å². The normalized spacial score (nSPS) is 14.3. The number of nitro benzene ring substituents is 1. The molecule has 30 heavy (non-hydrogen) atoms. The number of hydrogen-bond donors (Lipinski definition) is 2. The second-order valence-electron chi connectivity index (χ2n) is 6.84. The van der Waals surface area contributed by atoms with Gasteiger partial charge in [-0.05, 0) is 18.2 Å². The van der Waals surface area contributed by atoms with Crippen LogP contribution in [-0.2, 0) is 9.59 Å². The van der Waals surface area contributed by atoms with Crippen molar-refractivity contribution < 1.29 is 14.5 Å². The maximum Gasteiger partial charge on any atom is 0.271 e. The molecule has 2 aromatic rings. The number of carbonyl (C=O) groups is 2. The standard InChI is InChI=1S/C20H23N5O4S/c21-19(26)14-30-18-7-2-1-6-17(18)22-20(27)13-23-8-10-24(11-9-23)15-4-3-5-16(12-15)25(28)29/h1-7,12H,8-11,13-14H2,(H2,21,26)(H,22,27). The Kier molecular flexibility index (Phi) is 7.26. The average molecular weight is 430 g/mol. The van der Waals surface area contributed by atoms with E-state index in [4.69, 9.17) is 5.73 Å². The summed E-state index contributed by atoms with van der Waals surface area (Å²) >= 11 is 1.29. The lowest BCUT2D eigenvalue weighted by Gasteiger charge is -2.35. The molecular formula is C20H23N5O4S. The van der Waals surface area contributed by atoms with E-state index in [0.29, 0.717) is 31.9 Å². The minimum atomic E-state index is -0.414. The molecule has 1 heterocycles. The van der Waals surface area contributed by atoms with E-state index in [0.717, 1.165) is 10.6 Å². The van der Waals surface area contributed by atoms with Gasteiger partial charge >= 0.3 is 0 Å². The van der Waals surface area contributed by atoms with Gasteiger partial charge in [0.2, 0.25) is 11.8 Å². The van der Waals surface area contributed by atoms with Crippen LogP contribution < -0.4 is 16.0 Å². The van der Waals surface area contributed by atoms with E-state index in [1.54, 1.807) is 18.2 Å². The van der Waals surface area contributed by atoms with Gasteiger partial charge in [0.15, 0.2) is 0 Å². The molecule has 0 spiro atoms. The summed E-state index contributed by atoms with van der Waals surface area (Å²) in [7, 11) is 0. The molecule has 0 aromatic heterocycles. The monoisotopic (exact) mass is 429 g/mol. The van der Waals surface area contributed by atoms with Gasteiger partial charge in [0, 0.05) is 48.9 Å². The quantitative estimate of drug-likeness (QED) is 0.373. The van der Waals surface area contributed by atoms with Crippen LogP contribution in [0.5, 0.6) is 0 Å². The number of amides is 2. The predicted molar refractivity (Wildman–Crippen MR) is 117 cm³/mol. The van der Waals surface area contributed by atoms with Crippen LogP contribution >= 0.6 is 11.8 Å². The third-order valence-corrected chi connectivity index (χ3v) is 5.77. The number of hydrogen-bond acceptors (Lipinski definition) is 7. The molecule has 2 amide bonds. The molecule has 3 rings (SSSR count). The Labute approximate surface area is 178 Å². The maximum atomic E-state index is 12.5. The van der Waals surface area contributed by atoms with Crippen LogP contribution in [0.2, 0.25) is 0 Å². The number of para-hydroxylation sites is 1. The van der Waals surface area contributed by atoms with Crippen molar-refractivity contribution in [3.63, 3.8) is 0 Å². The summed E-state index contributed by atoms with van der Waals surface area (Å²) in [5.74, 6) is -0.402. The molecule has 1 aliphatic rings. The van der Waals surface area contributed by atoms with Gasteiger partial charge in [-0.2, -0.15) is 0 Å². The van der Waals surface area contributed by atoms with E-state index in [1.807, 2.05) is 29.2 Å². The highest BCUT2D eigenvalue weighted by atomic mass is 32.2. The zero-order chi connectivity index (χ0) is 21.5. The highest BCUT2D eigenvalue weighted by Crippen LogP contribution is 2.27. The van der Waals surface area contributed by atoms with E-state index in [-0.39, 0.29) is 23.9 Å². The summed E-state index contributed by atoms with van der Waals surface area (Å²) in [4.78, 5) is 39.0. The number of thioether (sulfide) groups is 1. The molecule has 0 aliphatic carbocycles. The van der Waals surface area contributed by atoms with Gasteiger partial charge in [0.25, 0.3) is 5.69 Å². The minimum absolute atomic E-state index is 0.0715. The SMILES string of the molecule is NC(=O)CSc1ccccc1NC(=O)CN1CCN(c2cccc([N+](=O)[O-])c2)CC1. The van der Waals surface area contributed by atoms with Crippen molar-refractivity contribution in [2.45, 2.75) is 4.90 Å². The highest BCUT2D eigenvalue weighted by molar-refractivity contribution is 8.00. The molecule has 2 aromatic carbocycles. The number of benzene rings is 2. The average Bonchev–Trinajstić information content (AvgIpc) is 2.73. The molecule has 0 bridgehead atoms. The smallest absolute Gasteiger partial charge is 0.271 e. The third-order valence-electron chi connectivity index (χ3n) is 4.68. The molecule has 0 saturated carbocycles. The van der Waals surface area contributed by atoms with Crippen molar-refractivity contribution in [2.75, 3.05) is 48.7 Å². The second kappa shape index (κ2) is 10.1. The Morgan fingerprint density at radius 3 is 2.53 bits per heavy atom. The largest absolute Gasteiger partial charge is 0.369 e. The minimum Gasteiger partial charge on any atom is -0.369 e. The van der Waals surface area contributed by atoms with Gasteiger partial charge in [-0.1, -0.05) is 18.2 Å². The Hall–Kier alpha value is -3.11. The molecular weight excluding hydrogens is 406 g/mol. The van der Waals surface area contributed by atoms with Crippen LogP contribution in [-0.4, -0.2) is 60.1 Å². The van der Waals surface area contributed by atoms with Gasteiger partial charge in [-0.15, -0.1) is 11.8 Å². The van der Waals surface area contributed by atoms with E-state index < -0.39 is 10.8 Å². The van der Waals surface area contributed by atoms with Crippen molar-refractivity contribution in [3.8, 4) is 0 Å². The van der Waals surface area contributed by atoms with Crippen molar-refractivity contribution in [1.82, 2.24) is 4.90 Å². The highest BCUT2D eigenvalue weighted by Gasteiger charge is 2.21. The number of nitrogens with zero attached hydrogens (tertiary/aromatic N) is 3. The van der Waals surface area contributed by atoms with Crippen molar-refractivity contribution in [3.05, 3.63) is 58.6 Å². The fraction of sp³-hybridized carbons (Fsp3) is 0.300. The van der Waals surface area contributed by atoms with E-state index in [1.165, 1.54) is 17.8 Å². The summed E-state index contributed by atoms with van der Waals surface area (Å²) in [6.07, 6.45) is 0. The van der Waals surface area contributed by atoms with Crippen LogP contribution in [0.4, 0.5) is 17.1 Å². The second-order valence-corrected chi connectivity index (χ2v) is 7.86. The summed E-state index contributed by atoms with van der Waals surface area (Å²) < 4.78 is 0. The number of nitrogens with one attached hydrogen (secondary N) is 1. The lowest BCUT2D eigenvalue weighted by atomic mass is 10.2. The fourth-order valence-corrected chi connectivity index (χ4v) is 3.95. The molecule has 1 saturated heterocycles. The first-order chi connectivity index (χ1) is 14.4. The lowest BCUT2D eigenvalue weighted by Crippen LogP contribution is -2.48. The summed E-state index contributed by atoms with van der Waals surface area (Å²) in [6, 6.07) is 13.9. The zero-order valence-electron chi connectivity index (χ0n) is 16.3. The van der Waals surface area contributed by atoms with Crippen molar-refractivity contribution in [2.24, 2.45) is 5.73 Å². The van der Waals surface area contributed by atoms with E-state index in [9.17, 15) is 19.7 Å². The van der Waals surface area contributed by atoms with Gasteiger partial charge in [0.1, 0.15) is 0 Å². The van der Waals surface area contributed by atoms with Crippen LogP contribution in [0.15, 0.2) is 53.4 Å². The summed E-state index contributed by atoms with van der Waals surface area (Å²) in [5.41, 5.74) is 6.74. The summed E-state index contributed by atoms with van der Waals surface area (Å²) in [6.45, 7) is 2.96.